The molecule has 1 saturated carbocycles. The maximum Gasteiger partial charge on any atom is 0.231 e. The highest BCUT2D eigenvalue weighted by molar-refractivity contribution is 5.46. The number of nitrogens with zero attached hydrogens (tertiary/aromatic N) is 3. The van der Waals surface area contributed by atoms with Gasteiger partial charge in [0.05, 0.1) is 26.4 Å². The molecule has 32 heavy (non-hydrogen) atoms. The Hall–Kier alpha value is -2.89. The van der Waals surface area contributed by atoms with Gasteiger partial charge in [-0.05, 0) is 37.0 Å². The molecule has 0 atom stereocenters. The van der Waals surface area contributed by atoms with Gasteiger partial charge in [0, 0.05) is 25.7 Å². The third-order valence-corrected chi connectivity index (χ3v) is 5.13. The number of fused-ring (bicyclic) bond motifs is 1. The quantitative estimate of drug-likeness (QED) is 0.315. The van der Waals surface area contributed by atoms with E-state index in [0.717, 1.165) is 29.9 Å². The third-order valence-electron chi connectivity index (χ3n) is 5.13. The minimum atomic E-state index is 0.259. The molecule has 1 aliphatic heterocycles. The van der Waals surface area contributed by atoms with Crippen LogP contribution in [-0.4, -0.2) is 67.3 Å². The molecular formula is C21H31N7O4. The van der Waals surface area contributed by atoms with E-state index in [-0.39, 0.29) is 6.79 Å². The Morgan fingerprint density at radius 2 is 1.66 bits per heavy atom. The van der Waals surface area contributed by atoms with Gasteiger partial charge in [0.15, 0.2) is 11.5 Å². The highest BCUT2D eigenvalue weighted by Crippen LogP contribution is 2.32. The molecule has 11 heteroatoms. The second kappa shape index (κ2) is 11.7. The number of aromatic nitrogens is 3. The molecule has 1 aliphatic carbocycles. The van der Waals surface area contributed by atoms with E-state index in [9.17, 15) is 0 Å². The van der Waals surface area contributed by atoms with E-state index in [2.05, 4.69) is 30.9 Å². The number of anilines is 3. The number of hydrogen-bond donors (Lipinski definition) is 4. The van der Waals surface area contributed by atoms with Crippen LogP contribution in [0.15, 0.2) is 18.2 Å². The lowest BCUT2D eigenvalue weighted by molar-refractivity contribution is 0.0547. The molecule has 2 aliphatic rings. The van der Waals surface area contributed by atoms with Crippen LogP contribution in [0.1, 0.15) is 24.8 Å². The fourth-order valence-corrected chi connectivity index (χ4v) is 3.21. The Morgan fingerprint density at radius 1 is 0.906 bits per heavy atom. The second-order valence-corrected chi connectivity index (χ2v) is 7.56. The van der Waals surface area contributed by atoms with Crippen LogP contribution in [0.25, 0.3) is 0 Å². The first kappa shape index (κ1) is 22.3. The van der Waals surface area contributed by atoms with Crippen LogP contribution < -0.4 is 31.2 Å². The molecule has 0 saturated heterocycles. The number of nitrogens with one attached hydrogen (secondary N) is 3. The van der Waals surface area contributed by atoms with Gasteiger partial charge in [-0.3, -0.25) is 0 Å². The lowest BCUT2D eigenvalue weighted by atomic mass is 9.93. The highest BCUT2D eigenvalue weighted by atomic mass is 16.7. The lowest BCUT2D eigenvalue weighted by Gasteiger charge is -2.26. The first-order valence-electron chi connectivity index (χ1n) is 11.0. The molecule has 11 nitrogen and oxygen atoms in total. The van der Waals surface area contributed by atoms with Crippen LogP contribution in [-0.2, 0) is 16.0 Å². The smallest absolute Gasteiger partial charge is 0.231 e. The topological polar surface area (TPSA) is 138 Å². The molecule has 1 aromatic carbocycles. The van der Waals surface area contributed by atoms with Gasteiger partial charge in [-0.2, -0.15) is 15.0 Å². The molecule has 0 spiro atoms. The Morgan fingerprint density at radius 3 is 2.44 bits per heavy atom. The van der Waals surface area contributed by atoms with Crippen molar-refractivity contribution in [2.24, 2.45) is 5.73 Å². The molecule has 1 fully saturated rings. The number of nitrogens with two attached hydrogens (primary N) is 1. The van der Waals surface area contributed by atoms with Gasteiger partial charge in [-0.1, -0.05) is 6.07 Å². The van der Waals surface area contributed by atoms with E-state index < -0.39 is 0 Å². The fourth-order valence-electron chi connectivity index (χ4n) is 3.21. The highest BCUT2D eigenvalue weighted by Gasteiger charge is 2.19. The van der Waals surface area contributed by atoms with Gasteiger partial charge in [-0.25, -0.2) is 0 Å². The fraction of sp³-hybridized carbons (Fsp3) is 0.571. The second-order valence-electron chi connectivity index (χ2n) is 7.56. The standard InChI is InChI=1S/C21H31N7O4/c22-6-8-29-10-11-30-9-7-23-19-26-20(28-21(27-19)25-16-2-1-3-16)24-13-15-4-5-17-18(12-15)32-14-31-17/h4-5,12,16H,1-3,6-11,13-14,22H2,(H3,23,24,25,26,27,28). The monoisotopic (exact) mass is 445 g/mol. The van der Waals surface area contributed by atoms with Crippen molar-refractivity contribution in [2.45, 2.75) is 31.8 Å². The minimum Gasteiger partial charge on any atom is -0.454 e. The van der Waals surface area contributed by atoms with Crippen LogP contribution in [0.4, 0.5) is 17.8 Å². The number of rotatable bonds is 14. The van der Waals surface area contributed by atoms with Crippen molar-refractivity contribution in [1.82, 2.24) is 15.0 Å². The Labute approximate surface area is 187 Å². The van der Waals surface area contributed by atoms with Crippen molar-refractivity contribution >= 4 is 17.8 Å². The van der Waals surface area contributed by atoms with Crippen LogP contribution in [0.5, 0.6) is 11.5 Å². The number of hydrogen-bond acceptors (Lipinski definition) is 11. The molecule has 0 bridgehead atoms. The van der Waals surface area contributed by atoms with Crippen molar-refractivity contribution in [3.05, 3.63) is 23.8 Å². The normalized spacial score (nSPS) is 14.8. The van der Waals surface area contributed by atoms with Gasteiger partial charge in [0.25, 0.3) is 0 Å². The molecular weight excluding hydrogens is 414 g/mol. The van der Waals surface area contributed by atoms with Crippen molar-refractivity contribution in [2.75, 3.05) is 62.3 Å². The first-order chi connectivity index (χ1) is 15.8. The zero-order valence-electron chi connectivity index (χ0n) is 18.1. The van der Waals surface area contributed by atoms with Gasteiger partial charge >= 0.3 is 0 Å². The van der Waals surface area contributed by atoms with E-state index >= 15 is 0 Å². The number of ether oxygens (including phenoxy) is 4. The minimum absolute atomic E-state index is 0.259. The van der Waals surface area contributed by atoms with Crippen LogP contribution in [0.3, 0.4) is 0 Å². The van der Waals surface area contributed by atoms with Crippen molar-refractivity contribution in [3.63, 3.8) is 0 Å². The summed E-state index contributed by atoms with van der Waals surface area (Å²) in [7, 11) is 0. The van der Waals surface area contributed by atoms with E-state index in [1.807, 2.05) is 18.2 Å². The summed E-state index contributed by atoms with van der Waals surface area (Å²) in [6, 6.07) is 6.27. The number of benzene rings is 1. The molecule has 2 aromatic rings. The molecule has 0 amide bonds. The SMILES string of the molecule is NCCOCCOCCNc1nc(NCc2ccc3c(c2)OCO3)nc(NC2CCC2)n1. The summed E-state index contributed by atoms with van der Waals surface area (Å²) >= 11 is 0. The first-order valence-corrected chi connectivity index (χ1v) is 11.0. The molecule has 174 valence electrons. The Balaban J connectivity index is 1.30. The predicted molar refractivity (Wildman–Crippen MR) is 120 cm³/mol. The maximum absolute atomic E-state index is 5.54. The van der Waals surface area contributed by atoms with Gasteiger partial charge in [0.2, 0.25) is 24.6 Å². The van der Waals surface area contributed by atoms with Gasteiger partial charge in [-0.15, -0.1) is 0 Å². The molecule has 2 heterocycles. The van der Waals surface area contributed by atoms with Crippen LogP contribution in [0.2, 0.25) is 0 Å². The average Bonchev–Trinajstić information content (AvgIpc) is 3.25. The Bertz CT molecular complexity index is 866. The summed E-state index contributed by atoms with van der Waals surface area (Å²) in [5, 5.41) is 9.87. The van der Waals surface area contributed by atoms with E-state index in [1.54, 1.807) is 0 Å². The predicted octanol–water partition coefficient (Wildman–Crippen LogP) is 1.58. The Kier molecular flexibility index (Phi) is 8.12. The lowest BCUT2D eigenvalue weighted by Crippen LogP contribution is -2.28. The molecule has 1 aromatic heterocycles. The zero-order valence-corrected chi connectivity index (χ0v) is 18.1. The van der Waals surface area contributed by atoms with E-state index in [1.165, 1.54) is 6.42 Å². The third kappa shape index (κ3) is 6.55. The van der Waals surface area contributed by atoms with E-state index in [4.69, 9.17) is 24.7 Å². The van der Waals surface area contributed by atoms with Gasteiger partial charge in [0.1, 0.15) is 0 Å². The summed E-state index contributed by atoms with van der Waals surface area (Å²) in [5.74, 6) is 3.08. The van der Waals surface area contributed by atoms with Gasteiger partial charge < -0.3 is 40.6 Å². The zero-order chi connectivity index (χ0) is 22.0. The van der Waals surface area contributed by atoms with Crippen LogP contribution >= 0.6 is 0 Å². The molecule has 0 unspecified atom stereocenters. The molecule has 4 rings (SSSR count). The maximum atomic E-state index is 5.54. The van der Waals surface area contributed by atoms with Crippen LogP contribution in [0, 0.1) is 0 Å². The van der Waals surface area contributed by atoms with Crippen molar-refractivity contribution < 1.29 is 18.9 Å². The average molecular weight is 446 g/mol. The summed E-state index contributed by atoms with van der Waals surface area (Å²) in [6.07, 6.45) is 3.50. The molecule has 5 N–H and O–H groups in total. The summed E-state index contributed by atoms with van der Waals surface area (Å²) < 4.78 is 21.6. The summed E-state index contributed by atoms with van der Waals surface area (Å²) in [5.41, 5.74) is 6.43. The molecule has 0 radical (unpaired) electrons. The summed E-state index contributed by atoms with van der Waals surface area (Å²) in [6.45, 7) is 4.02. The van der Waals surface area contributed by atoms with Crippen molar-refractivity contribution in [3.8, 4) is 11.5 Å². The summed E-state index contributed by atoms with van der Waals surface area (Å²) in [4.78, 5) is 13.5. The van der Waals surface area contributed by atoms with Crippen molar-refractivity contribution in [1.29, 1.82) is 0 Å². The largest absolute Gasteiger partial charge is 0.454 e. The van der Waals surface area contributed by atoms with E-state index in [0.29, 0.717) is 69.9 Å².